The fourth-order valence-electron chi connectivity index (χ4n) is 2.20. The number of hydrogen-bond donors (Lipinski definition) is 1. The molecule has 2 aromatic carbocycles. The van der Waals surface area contributed by atoms with Crippen molar-refractivity contribution in [3.63, 3.8) is 0 Å². The quantitative estimate of drug-likeness (QED) is 0.875. The summed E-state index contributed by atoms with van der Waals surface area (Å²) in [6.45, 7) is 6.76. The van der Waals surface area contributed by atoms with Gasteiger partial charge in [-0.15, -0.1) is 0 Å². The van der Waals surface area contributed by atoms with Crippen LogP contribution in [0.4, 0.5) is 4.39 Å². The predicted molar refractivity (Wildman–Crippen MR) is 84.5 cm³/mol. The molecule has 0 aliphatic heterocycles. The summed E-state index contributed by atoms with van der Waals surface area (Å²) in [5, 5.41) is 0. The van der Waals surface area contributed by atoms with Crippen molar-refractivity contribution in [2.75, 3.05) is 6.54 Å². The Morgan fingerprint density at radius 2 is 1.86 bits per heavy atom. The van der Waals surface area contributed by atoms with Gasteiger partial charge >= 0.3 is 0 Å². The highest BCUT2D eigenvalue weighted by Gasteiger charge is 2.10. The van der Waals surface area contributed by atoms with Gasteiger partial charge in [-0.25, -0.2) is 4.39 Å². The van der Waals surface area contributed by atoms with Crippen molar-refractivity contribution in [2.24, 2.45) is 5.73 Å². The molecule has 0 aliphatic carbocycles. The Kier molecular flexibility index (Phi) is 4.97. The van der Waals surface area contributed by atoms with Gasteiger partial charge in [0, 0.05) is 0 Å². The van der Waals surface area contributed by atoms with Gasteiger partial charge in [0.15, 0.2) is 0 Å². The van der Waals surface area contributed by atoms with Gasteiger partial charge in [-0.2, -0.15) is 0 Å². The van der Waals surface area contributed by atoms with Crippen molar-refractivity contribution in [1.29, 1.82) is 0 Å². The molecule has 21 heavy (non-hydrogen) atoms. The average Bonchev–Trinajstić information content (AvgIpc) is 2.44. The van der Waals surface area contributed by atoms with Crippen LogP contribution in [0.25, 0.3) is 0 Å². The Morgan fingerprint density at radius 1 is 1.10 bits per heavy atom. The van der Waals surface area contributed by atoms with Crippen molar-refractivity contribution >= 4 is 0 Å². The van der Waals surface area contributed by atoms with Gasteiger partial charge in [-0.1, -0.05) is 26.0 Å². The molecule has 2 nitrogen and oxygen atoms in total. The fraction of sp³-hybridized carbons (Fsp3) is 0.333. The summed E-state index contributed by atoms with van der Waals surface area (Å²) in [6, 6.07) is 10.8. The molecule has 0 bridgehead atoms. The van der Waals surface area contributed by atoms with Crippen LogP contribution in [0, 0.1) is 12.7 Å². The lowest BCUT2D eigenvalue weighted by Gasteiger charge is -2.15. The van der Waals surface area contributed by atoms with E-state index in [2.05, 4.69) is 32.0 Å². The smallest absolute Gasteiger partial charge is 0.130 e. The van der Waals surface area contributed by atoms with E-state index in [1.165, 1.54) is 17.7 Å². The number of aryl methyl sites for hydroxylation is 1. The van der Waals surface area contributed by atoms with Crippen LogP contribution in [-0.2, 0) is 6.42 Å². The summed E-state index contributed by atoms with van der Waals surface area (Å²) >= 11 is 0. The van der Waals surface area contributed by atoms with E-state index >= 15 is 0 Å². The highest BCUT2D eigenvalue weighted by molar-refractivity contribution is 5.43. The Bertz CT molecular complexity index is 623. The maximum atomic E-state index is 13.4. The van der Waals surface area contributed by atoms with E-state index < -0.39 is 0 Å². The summed E-state index contributed by atoms with van der Waals surface area (Å²) in [5.41, 5.74) is 8.66. The molecule has 0 unspecified atom stereocenters. The van der Waals surface area contributed by atoms with E-state index in [-0.39, 0.29) is 5.82 Å². The molecule has 2 aromatic rings. The maximum Gasteiger partial charge on any atom is 0.130 e. The molecule has 0 aromatic heterocycles. The van der Waals surface area contributed by atoms with Gasteiger partial charge in [0.05, 0.1) is 0 Å². The first-order valence-electron chi connectivity index (χ1n) is 7.28. The zero-order valence-corrected chi connectivity index (χ0v) is 12.8. The first kappa shape index (κ1) is 15.5. The largest absolute Gasteiger partial charge is 0.457 e. The normalized spacial score (nSPS) is 11.0. The zero-order chi connectivity index (χ0) is 15.4. The number of nitrogens with two attached hydrogens (primary N) is 1. The minimum atomic E-state index is -0.265. The summed E-state index contributed by atoms with van der Waals surface area (Å²) in [4.78, 5) is 0. The van der Waals surface area contributed by atoms with E-state index in [1.54, 1.807) is 6.07 Å². The Labute approximate surface area is 125 Å². The van der Waals surface area contributed by atoms with Gasteiger partial charge in [-0.05, 0) is 66.8 Å². The molecule has 0 radical (unpaired) electrons. The molecule has 2 N–H and O–H groups in total. The lowest BCUT2D eigenvalue weighted by molar-refractivity contribution is 0.469. The molecule has 0 aliphatic rings. The molecule has 0 amide bonds. The lowest BCUT2D eigenvalue weighted by atomic mass is 10.0. The number of ether oxygens (including phenoxy) is 1. The van der Waals surface area contributed by atoms with Crippen LogP contribution in [0.15, 0.2) is 36.4 Å². The van der Waals surface area contributed by atoms with Crippen LogP contribution >= 0.6 is 0 Å². The zero-order valence-electron chi connectivity index (χ0n) is 12.8. The SMILES string of the molecule is Cc1ccc(C(C)C)cc1Oc1ccc(F)cc1CCN. The second-order valence-electron chi connectivity index (χ2n) is 5.57. The Morgan fingerprint density at radius 3 is 2.52 bits per heavy atom. The summed E-state index contributed by atoms with van der Waals surface area (Å²) in [5.74, 6) is 1.65. The molecule has 3 heteroatoms. The highest BCUT2D eigenvalue weighted by atomic mass is 19.1. The molecular formula is C18H22FNO. The Hall–Kier alpha value is -1.87. The molecule has 0 saturated carbocycles. The Balaban J connectivity index is 2.35. The predicted octanol–water partition coefficient (Wildman–Crippen LogP) is 4.55. The molecule has 112 valence electrons. The second-order valence-corrected chi connectivity index (χ2v) is 5.57. The second kappa shape index (κ2) is 6.72. The number of halogens is 1. The third-order valence-electron chi connectivity index (χ3n) is 3.53. The van der Waals surface area contributed by atoms with Gasteiger partial charge in [0.1, 0.15) is 17.3 Å². The molecule has 0 heterocycles. The van der Waals surface area contributed by atoms with Crippen LogP contribution < -0.4 is 10.5 Å². The molecular weight excluding hydrogens is 265 g/mol. The summed E-state index contributed by atoms with van der Waals surface area (Å²) in [6.07, 6.45) is 0.593. The van der Waals surface area contributed by atoms with Gasteiger partial charge < -0.3 is 10.5 Å². The standard InChI is InChI=1S/C18H22FNO/c1-12(2)14-5-4-13(3)18(11-14)21-17-7-6-16(19)10-15(17)8-9-20/h4-7,10-12H,8-9,20H2,1-3H3. The lowest BCUT2D eigenvalue weighted by Crippen LogP contribution is -2.04. The van der Waals surface area contributed by atoms with E-state index in [1.807, 2.05) is 6.92 Å². The monoisotopic (exact) mass is 287 g/mol. The van der Waals surface area contributed by atoms with Crippen LogP contribution in [0.2, 0.25) is 0 Å². The van der Waals surface area contributed by atoms with E-state index in [4.69, 9.17) is 10.5 Å². The van der Waals surface area contributed by atoms with E-state index in [0.717, 1.165) is 16.9 Å². The van der Waals surface area contributed by atoms with Crippen molar-refractivity contribution in [3.05, 3.63) is 58.9 Å². The van der Waals surface area contributed by atoms with Crippen LogP contribution in [0.5, 0.6) is 11.5 Å². The summed E-state index contributed by atoms with van der Waals surface area (Å²) < 4.78 is 19.4. The van der Waals surface area contributed by atoms with E-state index in [9.17, 15) is 4.39 Å². The number of benzene rings is 2. The van der Waals surface area contributed by atoms with Gasteiger partial charge in [-0.3, -0.25) is 0 Å². The highest BCUT2D eigenvalue weighted by Crippen LogP contribution is 2.31. The molecule has 0 atom stereocenters. The number of rotatable bonds is 5. The minimum absolute atomic E-state index is 0.265. The van der Waals surface area contributed by atoms with Crippen molar-refractivity contribution < 1.29 is 9.13 Å². The number of hydrogen-bond acceptors (Lipinski definition) is 2. The van der Waals surface area contributed by atoms with Crippen LogP contribution in [-0.4, -0.2) is 6.54 Å². The van der Waals surface area contributed by atoms with Crippen LogP contribution in [0.1, 0.15) is 36.5 Å². The molecule has 0 saturated heterocycles. The fourth-order valence-corrected chi connectivity index (χ4v) is 2.20. The topological polar surface area (TPSA) is 35.2 Å². The first-order valence-corrected chi connectivity index (χ1v) is 7.28. The van der Waals surface area contributed by atoms with Gasteiger partial charge in [0.2, 0.25) is 0 Å². The first-order chi connectivity index (χ1) is 10.0. The van der Waals surface area contributed by atoms with Crippen LogP contribution in [0.3, 0.4) is 0 Å². The summed E-state index contributed by atoms with van der Waals surface area (Å²) in [7, 11) is 0. The molecule has 0 spiro atoms. The third kappa shape index (κ3) is 3.82. The van der Waals surface area contributed by atoms with E-state index in [0.29, 0.717) is 24.6 Å². The third-order valence-corrected chi connectivity index (χ3v) is 3.53. The van der Waals surface area contributed by atoms with Crippen molar-refractivity contribution in [3.8, 4) is 11.5 Å². The van der Waals surface area contributed by atoms with Crippen molar-refractivity contribution in [2.45, 2.75) is 33.1 Å². The average molecular weight is 287 g/mol. The minimum Gasteiger partial charge on any atom is -0.457 e. The maximum absolute atomic E-state index is 13.4. The van der Waals surface area contributed by atoms with Crippen molar-refractivity contribution in [1.82, 2.24) is 0 Å². The molecule has 2 rings (SSSR count). The van der Waals surface area contributed by atoms with Gasteiger partial charge in [0.25, 0.3) is 0 Å². The molecule has 0 fully saturated rings.